The first-order valence-electron chi connectivity index (χ1n) is 1.97. The van der Waals surface area contributed by atoms with Crippen molar-refractivity contribution in [2.75, 3.05) is 6.54 Å². The molecule has 0 aliphatic rings. The predicted octanol–water partition coefficient (Wildman–Crippen LogP) is -0.583. The van der Waals surface area contributed by atoms with E-state index in [1.165, 1.54) is 0 Å². The highest BCUT2D eigenvalue weighted by Crippen LogP contribution is 1.81. The summed E-state index contributed by atoms with van der Waals surface area (Å²) in [4.78, 5) is 0. The normalized spacial score (nSPS) is 8.00. The van der Waals surface area contributed by atoms with Gasteiger partial charge in [-0.2, -0.15) is 0 Å². The predicted molar refractivity (Wildman–Crippen MR) is 33.8 cm³/mol. The standard InChI is InChI=1S/C4H11N.BH3/c1-4(2)3-5;/h4H,3,5H2,1-2H3;1H3. The van der Waals surface area contributed by atoms with E-state index in [9.17, 15) is 0 Å². The van der Waals surface area contributed by atoms with E-state index in [1.54, 1.807) is 0 Å². The Labute approximate surface area is 41.5 Å². The van der Waals surface area contributed by atoms with E-state index in [0.29, 0.717) is 5.92 Å². The first kappa shape index (κ1) is 9.39. The summed E-state index contributed by atoms with van der Waals surface area (Å²) in [5.41, 5.74) is 5.17. The van der Waals surface area contributed by atoms with Crippen LogP contribution in [0.1, 0.15) is 13.8 Å². The van der Waals surface area contributed by atoms with Crippen LogP contribution in [0.15, 0.2) is 0 Å². The van der Waals surface area contributed by atoms with Crippen molar-refractivity contribution < 1.29 is 0 Å². The molecular weight excluding hydrogens is 72.9 g/mol. The first-order chi connectivity index (χ1) is 2.27. The molecule has 0 unspecified atom stereocenters. The minimum atomic E-state index is 0. The van der Waals surface area contributed by atoms with Gasteiger partial charge in [0.2, 0.25) is 0 Å². The average molecular weight is 87.0 g/mol. The third kappa shape index (κ3) is 8.98. The van der Waals surface area contributed by atoms with Crippen LogP contribution in [0.25, 0.3) is 0 Å². The maximum atomic E-state index is 5.17. The second kappa shape index (κ2) is 5.02. The molecule has 0 fully saturated rings. The summed E-state index contributed by atoms with van der Waals surface area (Å²) in [5.74, 6) is 0.662. The van der Waals surface area contributed by atoms with Crippen LogP contribution in [0.4, 0.5) is 0 Å². The molecule has 0 saturated heterocycles. The van der Waals surface area contributed by atoms with Crippen molar-refractivity contribution in [2.24, 2.45) is 11.7 Å². The summed E-state index contributed by atoms with van der Waals surface area (Å²) in [6, 6.07) is 0. The van der Waals surface area contributed by atoms with Gasteiger partial charge in [-0.05, 0) is 12.5 Å². The minimum Gasteiger partial charge on any atom is -0.330 e. The van der Waals surface area contributed by atoms with Crippen molar-refractivity contribution in [3.8, 4) is 0 Å². The monoisotopic (exact) mass is 87.1 g/mol. The molecule has 0 saturated carbocycles. The topological polar surface area (TPSA) is 26.0 Å². The molecule has 0 heterocycles. The van der Waals surface area contributed by atoms with Gasteiger partial charge in [0.25, 0.3) is 0 Å². The summed E-state index contributed by atoms with van der Waals surface area (Å²) >= 11 is 0. The Morgan fingerprint density at radius 2 is 1.67 bits per heavy atom. The summed E-state index contributed by atoms with van der Waals surface area (Å²) in [7, 11) is 0. The molecule has 0 aromatic heterocycles. The van der Waals surface area contributed by atoms with Crippen LogP contribution < -0.4 is 5.73 Å². The van der Waals surface area contributed by atoms with Gasteiger partial charge in [-0.1, -0.05) is 13.8 Å². The molecule has 0 spiro atoms. The van der Waals surface area contributed by atoms with Gasteiger partial charge < -0.3 is 5.73 Å². The van der Waals surface area contributed by atoms with Gasteiger partial charge in [-0.25, -0.2) is 0 Å². The first-order valence-corrected chi connectivity index (χ1v) is 1.97. The van der Waals surface area contributed by atoms with Crippen LogP contribution in [0.3, 0.4) is 0 Å². The lowest BCUT2D eigenvalue weighted by Gasteiger charge is -1.91. The Balaban J connectivity index is 0. The fourth-order valence-corrected chi connectivity index (χ4v) is 0. The summed E-state index contributed by atoms with van der Waals surface area (Å²) in [6.45, 7) is 5.00. The van der Waals surface area contributed by atoms with Crippen molar-refractivity contribution in [1.29, 1.82) is 0 Å². The van der Waals surface area contributed by atoms with Crippen molar-refractivity contribution in [3.63, 3.8) is 0 Å². The fraction of sp³-hybridized carbons (Fsp3) is 1.00. The van der Waals surface area contributed by atoms with Crippen LogP contribution in [0, 0.1) is 5.92 Å². The number of hydrogen-bond acceptors (Lipinski definition) is 1. The van der Waals surface area contributed by atoms with Gasteiger partial charge in [0.05, 0.1) is 8.41 Å². The lowest BCUT2D eigenvalue weighted by molar-refractivity contribution is 0.664. The third-order valence-electron chi connectivity index (χ3n) is 0.471. The molecule has 0 aromatic rings. The van der Waals surface area contributed by atoms with Gasteiger partial charge in [0.1, 0.15) is 0 Å². The van der Waals surface area contributed by atoms with Gasteiger partial charge in [-0.3, -0.25) is 0 Å². The quantitative estimate of drug-likeness (QED) is 0.425. The summed E-state index contributed by atoms with van der Waals surface area (Å²) in [5, 5.41) is 0. The highest BCUT2D eigenvalue weighted by molar-refractivity contribution is 5.75. The van der Waals surface area contributed by atoms with Crippen LogP contribution in [-0.2, 0) is 0 Å². The van der Waals surface area contributed by atoms with E-state index in [2.05, 4.69) is 13.8 Å². The maximum absolute atomic E-state index is 5.17. The van der Waals surface area contributed by atoms with Crippen LogP contribution in [-0.4, -0.2) is 15.0 Å². The zero-order valence-corrected chi connectivity index (χ0v) is 3.86. The maximum Gasteiger partial charge on any atom is 0.0814 e. The molecule has 2 N–H and O–H groups in total. The van der Waals surface area contributed by atoms with Gasteiger partial charge in [0.15, 0.2) is 0 Å². The largest absolute Gasteiger partial charge is 0.330 e. The lowest BCUT2D eigenvalue weighted by atomic mass is 10.2. The zero-order chi connectivity index (χ0) is 4.28. The second-order valence-electron chi connectivity index (χ2n) is 1.63. The molecule has 0 atom stereocenters. The third-order valence-corrected chi connectivity index (χ3v) is 0.471. The summed E-state index contributed by atoms with van der Waals surface area (Å²) < 4.78 is 0. The molecule has 0 aliphatic heterocycles. The Bertz CT molecular complexity index is 21.5. The van der Waals surface area contributed by atoms with Crippen molar-refractivity contribution in [2.45, 2.75) is 13.8 Å². The second-order valence-corrected chi connectivity index (χ2v) is 1.63. The Hall–Kier alpha value is 0.0249. The number of nitrogens with two attached hydrogens (primary N) is 1. The van der Waals surface area contributed by atoms with E-state index in [-0.39, 0.29) is 8.41 Å². The number of hydrogen-bond donors (Lipinski definition) is 1. The zero-order valence-electron chi connectivity index (χ0n) is 3.86. The van der Waals surface area contributed by atoms with Crippen LogP contribution >= 0.6 is 0 Å². The van der Waals surface area contributed by atoms with E-state index >= 15 is 0 Å². The molecule has 1 nitrogen and oxygen atoms in total. The minimum absolute atomic E-state index is 0. The van der Waals surface area contributed by atoms with E-state index < -0.39 is 0 Å². The van der Waals surface area contributed by atoms with Crippen LogP contribution in [0.2, 0.25) is 0 Å². The number of rotatable bonds is 1. The molecule has 0 radical (unpaired) electrons. The molecular formula is C4H14BN. The highest BCUT2D eigenvalue weighted by atomic mass is 14.5. The van der Waals surface area contributed by atoms with Gasteiger partial charge in [0, 0.05) is 0 Å². The molecule has 0 bridgehead atoms. The van der Waals surface area contributed by atoms with E-state index in [4.69, 9.17) is 5.73 Å². The highest BCUT2D eigenvalue weighted by Gasteiger charge is 1.80. The van der Waals surface area contributed by atoms with Gasteiger partial charge in [-0.15, -0.1) is 0 Å². The Morgan fingerprint density at radius 3 is 1.67 bits per heavy atom. The average Bonchev–Trinajstić information content (AvgIpc) is 1.38. The molecule has 0 rings (SSSR count). The smallest absolute Gasteiger partial charge is 0.0814 e. The van der Waals surface area contributed by atoms with E-state index in [0.717, 1.165) is 6.54 Å². The van der Waals surface area contributed by atoms with Crippen molar-refractivity contribution in [1.82, 2.24) is 0 Å². The molecule has 2 heteroatoms. The molecule has 6 heavy (non-hydrogen) atoms. The van der Waals surface area contributed by atoms with Crippen LogP contribution in [0.5, 0.6) is 0 Å². The van der Waals surface area contributed by atoms with Crippen molar-refractivity contribution >= 4 is 8.41 Å². The molecule has 0 aromatic carbocycles. The molecule has 0 aliphatic carbocycles. The molecule has 38 valence electrons. The Morgan fingerprint density at radius 1 is 1.50 bits per heavy atom. The fourth-order valence-electron chi connectivity index (χ4n) is 0. The Kier molecular flexibility index (Phi) is 7.86. The van der Waals surface area contributed by atoms with Crippen molar-refractivity contribution in [3.05, 3.63) is 0 Å². The SMILES string of the molecule is B.CC(C)CN. The lowest BCUT2D eigenvalue weighted by Crippen LogP contribution is -2.05. The summed E-state index contributed by atoms with van der Waals surface area (Å²) in [6.07, 6.45) is 0. The van der Waals surface area contributed by atoms with Gasteiger partial charge >= 0.3 is 0 Å². The molecule has 0 amide bonds. The van der Waals surface area contributed by atoms with E-state index in [1.807, 2.05) is 0 Å².